The van der Waals surface area contributed by atoms with Crippen molar-refractivity contribution in [2.24, 2.45) is 0 Å². The first-order valence-corrected chi connectivity index (χ1v) is 7.03. The minimum absolute atomic E-state index is 0.411. The molecule has 2 aromatic heterocycles. The highest BCUT2D eigenvalue weighted by atomic mass is 35.5. The van der Waals surface area contributed by atoms with Crippen molar-refractivity contribution in [3.8, 4) is 17.5 Å². The van der Waals surface area contributed by atoms with Gasteiger partial charge in [-0.3, -0.25) is 0 Å². The van der Waals surface area contributed by atoms with E-state index in [1.807, 2.05) is 35.8 Å². The number of imidazole rings is 1. The van der Waals surface area contributed by atoms with Crippen LogP contribution in [0.25, 0.3) is 22.6 Å². The molecule has 0 unspecified atom stereocenters. The summed E-state index contributed by atoms with van der Waals surface area (Å²) in [5.41, 5.74) is 3.69. The van der Waals surface area contributed by atoms with E-state index in [0.29, 0.717) is 18.0 Å². The van der Waals surface area contributed by atoms with E-state index in [-0.39, 0.29) is 0 Å². The predicted molar refractivity (Wildman–Crippen MR) is 82.9 cm³/mol. The number of halogens is 1. The highest BCUT2D eigenvalue weighted by Crippen LogP contribution is 2.27. The summed E-state index contributed by atoms with van der Waals surface area (Å²) in [5, 5.41) is 9.43. The van der Waals surface area contributed by atoms with Crippen LogP contribution in [0.15, 0.2) is 36.5 Å². The molecule has 4 nitrogen and oxygen atoms in total. The van der Waals surface area contributed by atoms with Crippen LogP contribution in [-0.4, -0.2) is 14.5 Å². The minimum atomic E-state index is 0.411. The van der Waals surface area contributed by atoms with Gasteiger partial charge in [-0.2, -0.15) is 5.26 Å². The molecule has 0 atom stereocenters. The Morgan fingerprint density at radius 2 is 2.14 bits per heavy atom. The number of aryl methyl sites for hydroxylation is 2. The summed E-state index contributed by atoms with van der Waals surface area (Å²) < 4.78 is 1.98. The summed E-state index contributed by atoms with van der Waals surface area (Å²) in [5.74, 6) is 0.827. The Kier molecular flexibility index (Phi) is 3.59. The van der Waals surface area contributed by atoms with Gasteiger partial charge >= 0.3 is 0 Å². The Balaban J connectivity index is 2.26. The van der Waals surface area contributed by atoms with Gasteiger partial charge in [-0.15, -0.1) is 0 Å². The fourth-order valence-electron chi connectivity index (χ4n) is 2.39. The summed E-state index contributed by atoms with van der Waals surface area (Å²) >= 11 is 6.00. The molecular weight excluding hydrogens is 284 g/mol. The molecule has 0 amide bonds. The van der Waals surface area contributed by atoms with Crippen LogP contribution in [-0.2, 0) is 6.54 Å². The van der Waals surface area contributed by atoms with Crippen LogP contribution in [0.2, 0.25) is 5.02 Å². The highest BCUT2D eigenvalue weighted by Gasteiger charge is 2.15. The van der Waals surface area contributed by atoms with Gasteiger partial charge in [0.2, 0.25) is 0 Å². The van der Waals surface area contributed by atoms with Gasteiger partial charge in [-0.25, -0.2) is 9.97 Å². The van der Waals surface area contributed by atoms with E-state index in [2.05, 4.69) is 16.0 Å². The second kappa shape index (κ2) is 5.55. The van der Waals surface area contributed by atoms with Crippen LogP contribution >= 0.6 is 11.6 Å². The Bertz CT molecular complexity index is 845. The van der Waals surface area contributed by atoms with Crippen molar-refractivity contribution in [1.29, 1.82) is 5.26 Å². The molecule has 2 heterocycles. The zero-order chi connectivity index (χ0) is 14.8. The van der Waals surface area contributed by atoms with E-state index in [9.17, 15) is 0 Å². The molecule has 0 spiro atoms. The van der Waals surface area contributed by atoms with Crippen molar-refractivity contribution < 1.29 is 0 Å². The Labute approximate surface area is 127 Å². The second-order valence-electron chi connectivity index (χ2n) is 4.81. The maximum atomic E-state index is 8.87. The molecule has 104 valence electrons. The molecule has 3 aromatic rings. The maximum absolute atomic E-state index is 8.87. The fourth-order valence-corrected chi connectivity index (χ4v) is 2.54. The van der Waals surface area contributed by atoms with Crippen LogP contribution in [0.5, 0.6) is 0 Å². The number of rotatable bonds is 3. The minimum Gasteiger partial charge on any atom is -0.308 e. The molecule has 0 saturated carbocycles. The number of fused-ring (bicyclic) bond motifs is 1. The summed E-state index contributed by atoms with van der Waals surface area (Å²) in [7, 11) is 0. The van der Waals surface area contributed by atoms with Crippen LogP contribution in [0, 0.1) is 18.3 Å². The topological polar surface area (TPSA) is 54.5 Å². The lowest BCUT2D eigenvalue weighted by Gasteiger charge is -2.08. The van der Waals surface area contributed by atoms with Crippen molar-refractivity contribution in [1.82, 2.24) is 14.5 Å². The number of benzene rings is 1. The lowest BCUT2D eigenvalue weighted by atomic mass is 10.1. The molecule has 0 N–H and O–H groups in total. The normalized spacial score (nSPS) is 10.7. The lowest BCUT2D eigenvalue weighted by Crippen LogP contribution is -2.02. The zero-order valence-electron chi connectivity index (χ0n) is 11.5. The van der Waals surface area contributed by atoms with Gasteiger partial charge in [-0.1, -0.05) is 35.9 Å². The number of nitriles is 1. The van der Waals surface area contributed by atoms with E-state index < -0.39 is 0 Å². The van der Waals surface area contributed by atoms with Crippen molar-refractivity contribution in [2.45, 2.75) is 19.9 Å². The Morgan fingerprint density at radius 1 is 1.33 bits per heavy atom. The smallest absolute Gasteiger partial charge is 0.160 e. The van der Waals surface area contributed by atoms with Crippen molar-refractivity contribution in [3.05, 3.63) is 47.1 Å². The van der Waals surface area contributed by atoms with Gasteiger partial charge < -0.3 is 4.57 Å². The molecular formula is C16H13ClN4. The predicted octanol–water partition coefficient (Wildman–Crippen LogP) is 3.97. The monoisotopic (exact) mass is 296 g/mol. The van der Waals surface area contributed by atoms with Gasteiger partial charge in [0.15, 0.2) is 5.65 Å². The number of aromatic nitrogens is 3. The molecule has 0 bridgehead atoms. The van der Waals surface area contributed by atoms with Crippen LogP contribution in [0.4, 0.5) is 0 Å². The molecule has 0 radical (unpaired) electrons. The summed E-state index contributed by atoms with van der Waals surface area (Å²) in [6, 6.07) is 12.0. The molecule has 0 aliphatic rings. The van der Waals surface area contributed by atoms with Crippen molar-refractivity contribution in [3.63, 3.8) is 0 Å². The van der Waals surface area contributed by atoms with Gasteiger partial charge in [0.25, 0.3) is 0 Å². The number of nitrogens with zero attached hydrogens (tertiary/aromatic N) is 4. The third-order valence-corrected chi connectivity index (χ3v) is 3.59. The maximum Gasteiger partial charge on any atom is 0.160 e. The van der Waals surface area contributed by atoms with Gasteiger partial charge in [0.05, 0.1) is 17.5 Å². The van der Waals surface area contributed by atoms with Gasteiger partial charge in [-0.05, 0) is 18.6 Å². The number of hydrogen-bond acceptors (Lipinski definition) is 3. The summed E-state index contributed by atoms with van der Waals surface area (Å²) in [6.45, 7) is 2.61. The highest BCUT2D eigenvalue weighted by molar-refractivity contribution is 6.31. The molecule has 0 aliphatic heterocycles. The molecule has 3 rings (SSSR count). The third-order valence-electron chi connectivity index (χ3n) is 3.38. The van der Waals surface area contributed by atoms with Gasteiger partial charge in [0, 0.05) is 18.3 Å². The van der Waals surface area contributed by atoms with E-state index in [0.717, 1.165) is 28.1 Å². The first-order valence-electron chi connectivity index (χ1n) is 6.65. The van der Waals surface area contributed by atoms with Crippen molar-refractivity contribution in [2.75, 3.05) is 0 Å². The molecule has 0 saturated heterocycles. The molecule has 0 aliphatic carbocycles. The average molecular weight is 297 g/mol. The van der Waals surface area contributed by atoms with E-state index in [4.69, 9.17) is 16.9 Å². The van der Waals surface area contributed by atoms with Crippen molar-refractivity contribution >= 4 is 22.8 Å². The second-order valence-corrected chi connectivity index (χ2v) is 5.24. The van der Waals surface area contributed by atoms with E-state index in [1.165, 1.54) is 0 Å². The zero-order valence-corrected chi connectivity index (χ0v) is 12.3. The lowest BCUT2D eigenvalue weighted by molar-refractivity contribution is 0.737. The fraction of sp³-hybridized carbons (Fsp3) is 0.188. The third kappa shape index (κ3) is 2.48. The van der Waals surface area contributed by atoms with E-state index >= 15 is 0 Å². The van der Waals surface area contributed by atoms with Gasteiger partial charge in [0.1, 0.15) is 11.3 Å². The largest absolute Gasteiger partial charge is 0.308 e. The number of hydrogen-bond donors (Lipinski definition) is 0. The van der Waals surface area contributed by atoms with Crippen LogP contribution in [0.1, 0.15) is 12.0 Å². The molecule has 5 heteroatoms. The quantitative estimate of drug-likeness (QED) is 0.734. The SMILES string of the molecule is Cc1ccccc1-c1nc2cc(Cl)cnc2n1CCC#N. The van der Waals surface area contributed by atoms with Crippen LogP contribution in [0.3, 0.4) is 0 Å². The van der Waals surface area contributed by atoms with E-state index in [1.54, 1.807) is 12.3 Å². The average Bonchev–Trinajstić information content (AvgIpc) is 2.83. The Morgan fingerprint density at radius 3 is 2.90 bits per heavy atom. The summed E-state index contributed by atoms with van der Waals surface area (Å²) in [4.78, 5) is 9.03. The summed E-state index contributed by atoms with van der Waals surface area (Å²) in [6.07, 6.45) is 2.02. The standard InChI is InChI=1S/C16H13ClN4/c1-11-5-2-3-6-13(11)15-20-14-9-12(17)10-19-16(14)21(15)8-4-7-18/h2-3,5-6,9-10H,4,8H2,1H3. The van der Waals surface area contributed by atoms with Crippen LogP contribution < -0.4 is 0 Å². The molecule has 21 heavy (non-hydrogen) atoms. The molecule has 0 fully saturated rings. The first-order chi connectivity index (χ1) is 10.2. The Hall–Kier alpha value is -2.38. The molecule has 1 aromatic carbocycles. The first kappa shape index (κ1) is 13.6. The number of pyridine rings is 1.